The average Bonchev–Trinajstić information content (AvgIpc) is 2.26. The molecule has 0 aliphatic rings. The monoisotopic (exact) mass is 229 g/mol. The maximum absolute atomic E-state index is 11.1. The van der Waals surface area contributed by atoms with E-state index in [0.29, 0.717) is 5.56 Å². The zero-order valence-electron chi connectivity index (χ0n) is 8.95. The number of esters is 1. The molecule has 84 valence electrons. The first-order valence-electron chi connectivity index (χ1n) is 4.66. The third kappa shape index (κ3) is 4.32. The van der Waals surface area contributed by atoms with Crippen LogP contribution in [-0.2, 0) is 11.3 Å². The van der Waals surface area contributed by atoms with Crippen LogP contribution in [0, 0.1) is 0 Å². The lowest BCUT2D eigenvalue weighted by molar-refractivity contribution is 0.0600. The van der Waals surface area contributed by atoms with Crippen LogP contribution < -0.4 is 5.32 Å². The van der Waals surface area contributed by atoms with Gasteiger partial charge in [0.25, 0.3) is 0 Å². The first kappa shape index (κ1) is 13.9. The second-order valence-electron chi connectivity index (χ2n) is 2.97. The standard InChI is InChI=1S/C11H15NO2.ClH/c1-3-12-8-9-4-6-10(7-5-9)11(13)14-2;/h4-7,12H,3,8H2,1-2H3;1H. The van der Waals surface area contributed by atoms with Crippen molar-refractivity contribution < 1.29 is 9.53 Å². The van der Waals surface area contributed by atoms with E-state index in [-0.39, 0.29) is 18.4 Å². The summed E-state index contributed by atoms with van der Waals surface area (Å²) in [6.07, 6.45) is 0. The minimum Gasteiger partial charge on any atom is -0.465 e. The minimum atomic E-state index is -0.292. The molecule has 0 radical (unpaired) electrons. The smallest absolute Gasteiger partial charge is 0.337 e. The van der Waals surface area contributed by atoms with E-state index in [1.54, 1.807) is 12.1 Å². The minimum absolute atomic E-state index is 0. The van der Waals surface area contributed by atoms with Crippen molar-refractivity contribution in [2.45, 2.75) is 13.5 Å². The van der Waals surface area contributed by atoms with Crippen molar-refractivity contribution in [2.24, 2.45) is 0 Å². The molecule has 1 aromatic rings. The van der Waals surface area contributed by atoms with Crippen molar-refractivity contribution in [1.29, 1.82) is 0 Å². The van der Waals surface area contributed by atoms with E-state index in [2.05, 4.69) is 17.0 Å². The molecule has 0 bridgehead atoms. The van der Waals surface area contributed by atoms with Gasteiger partial charge in [0.2, 0.25) is 0 Å². The fourth-order valence-corrected chi connectivity index (χ4v) is 1.15. The Morgan fingerprint density at radius 3 is 2.40 bits per heavy atom. The van der Waals surface area contributed by atoms with Crippen molar-refractivity contribution in [3.05, 3.63) is 35.4 Å². The number of nitrogens with one attached hydrogen (secondary N) is 1. The highest BCUT2D eigenvalue weighted by Crippen LogP contribution is 2.05. The maximum Gasteiger partial charge on any atom is 0.337 e. The molecule has 0 heterocycles. The Morgan fingerprint density at radius 2 is 1.93 bits per heavy atom. The predicted molar refractivity (Wildman–Crippen MR) is 62.4 cm³/mol. The van der Waals surface area contributed by atoms with Crippen molar-refractivity contribution in [3.63, 3.8) is 0 Å². The number of benzene rings is 1. The van der Waals surface area contributed by atoms with Gasteiger partial charge in [0.05, 0.1) is 12.7 Å². The highest BCUT2D eigenvalue weighted by atomic mass is 35.5. The summed E-state index contributed by atoms with van der Waals surface area (Å²) < 4.78 is 4.60. The molecule has 0 atom stereocenters. The summed E-state index contributed by atoms with van der Waals surface area (Å²) in [6, 6.07) is 7.40. The van der Waals surface area contributed by atoms with Crippen molar-refractivity contribution in [2.75, 3.05) is 13.7 Å². The lowest BCUT2D eigenvalue weighted by Gasteiger charge is -2.03. The number of ether oxygens (including phenoxy) is 1. The zero-order valence-corrected chi connectivity index (χ0v) is 9.76. The average molecular weight is 230 g/mol. The summed E-state index contributed by atoms with van der Waals surface area (Å²) in [5.74, 6) is -0.292. The molecular weight excluding hydrogens is 214 g/mol. The van der Waals surface area contributed by atoms with Crippen molar-refractivity contribution >= 4 is 18.4 Å². The van der Waals surface area contributed by atoms with Gasteiger partial charge in [-0.1, -0.05) is 19.1 Å². The van der Waals surface area contributed by atoms with Crippen LogP contribution in [0.25, 0.3) is 0 Å². The van der Waals surface area contributed by atoms with E-state index in [1.165, 1.54) is 12.7 Å². The van der Waals surface area contributed by atoms with Gasteiger partial charge in [0.1, 0.15) is 0 Å². The van der Waals surface area contributed by atoms with Gasteiger partial charge >= 0.3 is 5.97 Å². The molecule has 3 nitrogen and oxygen atoms in total. The molecule has 0 saturated carbocycles. The summed E-state index contributed by atoms with van der Waals surface area (Å²) >= 11 is 0. The fraction of sp³-hybridized carbons (Fsp3) is 0.364. The largest absolute Gasteiger partial charge is 0.465 e. The summed E-state index contributed by atoms with van der Waals surface area (Å²) in [5, 5.41) is 3.21. The normalized spacial score (nSPS) is 9.20. The summed E-state index contributed by atoms with van der Waals surface area (Å²) in [4.78, 5) is 11.1. The van der Waals surface area contributed by atoms with E-state index in [1.807, 2.05) is 12.1 Å². The molecule has 0 aliphatic heterocycles. The van der Waals surface area contributed by atoms with Gasteiger partial charge in [-0.15, -0.1) is 12.4 Å². The van der Waals surface area contributed by atoms with Crippen LogP contribution in [0.3, 0.4) is 0 Å². The quantitative estimate of drug-likeness (QED) is 0.803. The first-order chi connectivity index (χ1) is 6.77. The van der Waals surface area contributed by atoms with Gasteiger partial charge in [0.15, 0.2) is 0 Å². The molecule has 1 rings (SSSR count). The summed E-state index contributed by atoms with van der Waals surface area (Å²) in [7, 11) is 1.38. The lowest BCUT2D eigenvalue weighted by Crippen LogP contribution is -2.11. The number of rotatable bonds is 4. The van der Waals surface area contributed by atoms with Crippen LogP contribution in [0.4, 0.5) is 0 Å². The van der Waals surface area contributed by atoms with Gasteiger partial charge < -0.3 is 10.1 Å². The molecule has 0 aliphatic carbocycles. The number of hydrogen-bond donors (Lipinski definition) is 1. The number of methoxy groups -OCH3 is 1. The molecule has 0 unspecified atom stereocenters. The Balaban J connectivity index is 0.00000196. The van der Waals surface area contributed by atoms with E-state index in [4.69, 9.17) is 0 Å². The number of carbonyl (C=O) groups excluding carboxylic acids is 1. The van der Waals surface area contributed by atoms with Crippen LogP contribution in [0.5, 0.6) is 0 Å². The maximum atomic E-state index is 11.1. The van der Waals surface area contributed by atoms with Crippen LogP contribution >= 0.6 is 12.4 Å². The zero-order chi connectivity index (χ0) is 10.4. The van der Waals surface area contributed by atoms with Gasteiger partial charge in [-0.3, -0.25) is 0 Å². The van der Waals surface area contributed by atoms with Gasteiger partial charge in [-0.05, 0) is 24.2 Å². The molecule has 1 N–H and O–H groups in total. The Morgan fingerprint density at radius 1 is 1.33 bits per heavy atom. The van der Waals surface area contributed by atoms with Crippen LogP contribution in [-0.4, -0.2) is 19.6 Å². The van der Waals surface area contributed by atoms with E-state index >= 15 is 0 Å². The Bertz CT molecular complexity index is 298. The third-order valence-electron chi connectivity index (χ3n) is 1.95. The molecule has 0 spiro atoms. The number of carbonyl (C=O) groups is 1. The molecule has 1 aromatic carbocycles. The molecule has 0 fully saturated rings. The van der Waals surface area contributed by atoms with Crippen LogP contribution in [0.1, 0.15) is 22.8 Å². The fourth-order valence-electron chi connectivity index (χ4n) is 1.15. The SMILES string of the molecule is CCNCc1ccc(C(=O)OC)cc1.Cl. The number of hydrogen-bond acceptors (Lipinski definition) is 3. The van der Waals surface area contributed by atoms with Gasteiger partial charge in [-0.25, -0.2) is 4.79 Å². The Kier molecular flexibility index (Phi) is 6.75. The summed E-state index contributed by atoms with van der Waals surface area (Å²) in [6.45, 7) is 3.83. The molecule has 0 aromatic heterocycles. The second kappa shape index (κ2) is 7.26. The van der Waals surface area contributed by atoms with Crippen LogP contribution in [0.15, 0.2) is 24.3 Å². The molecule has 15 heavy (non-hydrogen) atoms. The topological polar surface area (TPSA) is 38.3 Å². The molecular formula is C11H16ClNO2. The third-order valence-corrected chi connectivity index (χ3v) is 1.95. The molecule has 0 amide bonds. The van der Waals surface area contributed by atoms with E-state index in [9.17, 15) is 4.79 Å². The van der Waals surface area contributed by atoms with Crippen LogP contribution in [0.2, 0.25) is 0 Å². The Labute approximate surface area is 96.2 Å². The van der Waals surface area contributed by atoms with Crippen molar-refractivity contribution in [1.82, 2.24) is 5.32 Å². The van der Waals surface area contributed by atoms with Gasteiger partial charge in [0, 0.05) is 6.54 Å². The lowest BCUT2D eigenvalue weighted by atomic mass is 10.1. The molecule has 4 heteroatoms. The first-order valence-corrected chi connectivity index (χ1v) is 4.66. The molecule has 0 saturated heterocycles. The van der Waals surface area contributed by atoms with E-state index in [0.717, 1.165) is 13.1 Å². The highest BCUT2D eigenvalue weighted by Gasteiger charge is 2.03. The Hall–Kier alpha value is -1.06. The van der Waals surface area contributed by atoms with Crippen molar-refractivity contribution in [3.8, 4) is 0 Å². The predicted octanol–water partition coefficient (Wildman–Crippen LogP) is 2.00. The van der Waals surface area contributed by atoms with E-state index < -0.39 is 0 Å². The van der Waals surface area contributed by atoms with Gasteiger partial charge in [-0.2, -0.15) is 0 Å². The number of halogens is 1. The second-order valence-corrected chi connectivity index (χ2v) is 2.97. The summed E-state index contributed by atoms with van der Waals surface area (Å²) in [5.41, 5.74) is 1.76. The highest BCUT2D eigenvalue weighted by molar-refractivity contribution is 5.89.